The molecule has 3 rings (SSSR count). The molecule has 0 aromatic carbocycles. The van der Waals surface area contributed by atoms with E-state index in [1.165, 1.54) is 42.5 Å². The molecule has 0 bridgehead atoms. The molecule has 2 atom stereocenters. The van der Waals surface area contributed by atoms with Crippen LogP contribution < -0.4 is 9.04 Å². The number of allylic oxidation sites excluding steroid dienone is 2. The molecule has 0 radical (unpaired) electrons. The number of hydrogen-bond donors (Lipinski definition) is 1. The third-order valence-corrected chi connectivity index (χ3v) is 7.99. The normalized spacial score (nSPS) is 19.6. The summed E-state index contributed by atoms with van der Waals surface area (Å²) in [7, 11) is -3.01. The first-order valence-electron chi connectivity index (χ1n) is 10.9. The summed E-state index contributed by atoms with van der Waals surface area (Å²) < 4.78 is 33.5. The number of aliphatic hydroxyl groups is 1. The summed E-state index contributed by atoms with van der Waals surface area (Å²) in [5, 5.41) is 11.2. The highest BCUT2D eigenvalue weighted by Crippen LogP contribution is 2.35. The van der Waals surface area contributed by atoms with Gasteiger partial charge in [-0.05, 0) is 38.1 Å². The van der Waals surface area contributed by atoms with Crippen LogP contribution in [0.25, 0.3) is 0 Å². The molecule has 2 heterocycles. The summed E-state index contributed by atoms with van der Waals surface area (Å²) in [6.45, 7) is 5.35. The van der Waals surface area contributed by atoms with E-state index in [1.54, 1.807) is 19.1 Å². The molecule has 2 aromatic heterocycles. The van der Waals surface area contributed by atoms with Crippen LogP contribution in [0.1, 0.15) is 25.2 Å². The van der Waals surface area contributed by atoms with Crippen LogP contribution >= 0.6 is 0 Å². The van der Waals surface area contributed by atoms with Crippen LogP contribution in [-0.4, -0.2) is 59.4 Å². The van der Waals surface area contributed by atoms with E-state index >= 15 is 0 Å². The van der Waals surface area contributed by atoms with Crippen LogP contribution in [-0.2, 0) is 21.4 Å². The molecule has 2 unspecified atom stereocenters. The van der Waals surface area contributed by atoms with Gasteiger partial charge in [-0.3, -0.25) is 14.1 Å². The first-order chi connectivity index (χ1) is 16.1. The molecule has 1 N–H and O–H groups in total. The lowest BCUT2D eigenvalue weighted by molar-refractivity contribution is -0.130. The van der Waals surface area contributed by atoms with Crippen LogP contribution in [0.3, 0.4) is 0 Å². The Balaban J connectivity index is 1.97. The van der Waals surface area contributed by atoms with Gasteiger partial charge in [-0.2, -0.15) is 0 Å². The van der Waals surface area contributed by atoms with Crippen molar-refractivity contribution >= 4 is 21.6 Å². The summed E-state index contributed by atoms with van der Waals surface area (Å²) in [5.74, 6) is -0.873. The minimum absolute atomic E-state index is 0.141. The molecule has 0 fully saturated rings. The number of sulfonamides is 1. The number of nitrogens with zero attached hydrogens (tertiary/aromatic N) is 4. The number of aryl methyl sites for hydroxylation is 1. The average Bonchev–Trinajstić information content (AvgIpc) is 2.82. The monoisotopic (exact) mass is 486 g/mol. The largest absolute Gasteiger partial charge is 0.481 e. The van der Waals surface area contributed by atoms with Crippen LogP contribution in [0.15, 0.2) is 60.8 Å². The molecule has 182 valence electrons. The Hall–Kier alpha value is -3.24. The second-order valence-electron chi connectivity index (χ2n) is 8.03. The maximum absolute atomic E-state index is 13.8. The highest BCUT2D eigenvalue weighted by molar-refractivity contribution is 7.94. The number of amides is 1. The predicted molar refractivity (Wildman–Crippen MR) is 130 cm³/mol. The third kappa shape index (κ3) is 5.13. The van der Waals surface area contributed by atoms with Gasteiger partial charge in [0.2, 0.25) is 16.7 Å². The van der Waals surface area contributed by atoms with E-state index in [9.17, 15) is 18.3 Å². The molecule has 0 saturated heterocycles. The van der Waals surface area contributed by atoms with Crippen LogP contribution in [0.4, 0.5) is 5.69 Å². The maximum atomic E-state index is 13.8. The molecule has 1 amide bonds. The van der Waals surface area contributed by atoms with Crippen molar-refractivity contribution in [3.63, 3.8) is 0 Å². The Morgan fingerprint density at radius 3 is 2.59 bits per heavy atom. The number of likely N-dealkylation sites (N-methyl/N-ethyl adjacent to an activating group) is 1. The maximum Gasteiger partial charge on any atom is 0.270 e. The summed E-state index contributed by atoms with van der Waals surface area (Å²) in [6.07, 6.45) is 7.29. The molecule has 1 aliphatic rings. The fourth-order valence-electron chi connectivity index (χ4n) is 3.65. The van der Waals surface area contributed by atoms with Gasteiger partial charge in [-0.25, -0.2) is 13.4 Å². The van der Waals surface area contributed by atoms with E-state index in [1.807, 2.05) is 32.0 Å². The van der Waals surface area contributed by atoms with E-state index in [0.717, 1.165) is 10.00 Å². The van der Waals surface area contributed by atoms with Crippen molar-refractivity contribution in [3.05, 3.63) is 72.2 Å². The van der Waals surface area contributed by atoms with Gasteiger partial charge in [0.05, 0.1) is 31.2 Å². The molecular formula is C24H30N4O5S. The second kappa shape index (κ2) is 10.4. The molecule has 0 aliphatic heterocycles. The lowest BCUT2D eigenvalue weighted by atomic mass is 9.99. The molecule has 10 heteroatoms. The number of hydrogen-bond acceptors (Lipinski definition) is 7. The summed E-state index contributed by atoms with van der Waals surface area (Å²) >= 11 is 0. The third-order valence-electron chi connectivity index (χ3n) is 5.73. The number of aromatic nitrogens is 2. The Labute approximate surface area is 200 Å². The number of anilines is 1. The van der Waals surface area contributed by atoms with Gasteiger partial charge in [-0.1, -0.05) is 31.2 Å². The first-order valence-corrected chi connectivity index (χ1v) is 12.4. The highest BCUT2D eigenvalue weighted by Gasteiger charge is 2.49. The molecule has 2 aromatic rings. The van der Waals surface area contributed by atoms with Gasteiger partial charge in [0.15, 0.2) is 0 Å². The topological polar surface area (TPSA) is 113 Å². The van der Waals surface area contributed by atoms with Gasteiger partial charge in [0, 0.05) is 24.2 Å². The molecule has 1 aliphatic carbocycles. The van der Waals surface area contributed by atoms with Crippen LogP contribution in [0.2, 0.25) is 0 Å². The van der Waals surface area contributed by atoms with Crippen LogP contribution in [0.5, 0.6) is 5.88 Å². The molecular weight excluding hydrogens is 456 g/mol. The fraction of sp³-hybridized carbons (Fsp3) is 0.375. The highest BCUT2D eigenvalue weighted by atomic mass is 32.2. The van der Waals surface area contributed by atoms with Gasteiger partial charge in [0.25, 0.3) is 10.0 Å². The smallest absolute Gasteiger partial charge is 0.270 e. The zero-order valence-electron chi connectivity index (χ0n) is 19.7. The van der Waals surface area contributed by atoms with Gasteiger partial charge in [0.1, 0.15) is 6.54 Å². The van der Waals surface area contributed by atoms with Crippen molar-refractivity contribution in [2.75, 3.05) is 24.5 Å². The number of methoxy groups -OCH3 is 1. The van der Waals surface area contributed by atoms with Crippen molar-refractivity contribution in [3.8, 4) is 5.88 Å². The Morgan fingerprint density at radius 2 is 2.00 bits per heavy atom. The van der Waals surface area contributed by atoms with E-state index in [4.69, 9.17) is 4.74 Å². The van der Waals surface area contributed by atoms with Crippen molar-refractivity contribution in [1.82, 2.24) is 14.9 Å². The number of carbonyl (C=O) groups is 1. The average molecular weight is 487 g/mol. The van der Waals surface area contributed by atoms with Gasteiger partial charge >= 0.3 is 0 Å². The Bertz CT molecular complexity index is 1180. The number of pyridine rings is 2. The molecule has 0 saturated carbocycles. The lowest BCUT2D eigenvalue weighted by Crippen LogP contribution is -2.54. The minimum Gasteiger partial charge on any atom is -0.481 e. The quantitative estimate of drug-likeness (QED) is 0.579. The van der Waals surface area contributed by atoms with E-state index < -0.39 is 33.3 Å². The summed E-state index contributed by atoms with van der Waals surface area (Å²) in [6, 6.07) is 8.52. The summed E-state index contributed by atoms with van der Waals surface area (Å²) in [5.41, 5.74) is 1.66. The lowest BCUT2D eigenvalue weighted by Gasteiger charge is -2.37. The zero-order chi connectivity index (χ0) is 24.9. The fourth-order valence-corrected chi connectivity index (χ4v) is 5.47. The van der Waals surface area contributed by atoms with Crippen molar-refractivity contribution < 1.29 is 23.1 Å². The molecule has 9 nitrogen and oxygen atoms in total. The molecule has 34 heavy (non-hydrogen) atoms. The number of rotatable bonds is 9. The number of carbonyl (C=O) groups excluding carboxylic acids is 1. The molecule has 0 spiro atoms. The second-order valence-corrected chi connectivity index (χ2v) is 10.1. The standard InChI is InChI=1S/C24H30N4O5S/c1-5-27(16-20-11-8-10-19(3)26-20)23(29)17-28(21-12-13-22(33-4)25-15-21)34(31,32)24(30)14-7-6-9-18(24)2/h6-15,18,30H,5,16-17H2,1-4H3. The van der Waals surface area contributed by atoms with E-state index in [0.29, 0.717) is 18.1 Å². The minimum atomic E-state index is -4.45. The van der Waals surface area contributed by atoms with Crippen molar-refractivity contribution in [1.29, 1.82) is 0 Å². The predicted octanol–water partition coefficient (Wildman–Crippen LogP) is 2.43. The van der Waals surface area contributed by atoms with Crippen molar-refractivity contribution in [2.24, 2.45) is 5.92 Å². The number of ether oxygens (including phenoxy) is 1. The van der Waals surface area contributed by atoms with E-state index in [2.05, 4.69) is 9.97 Å². The first kappa shape index (κ1) is 25.4. The van der Waals surface area contributed by atoms with Crippen molar-refractivity contribution in [2.45, 2.75) is 32.2 Å². The van der Waals surface area contributed by atoms with Gasteiger partial charge < -0.3 is 14.7 Å². The Morgan fingerprint density at radius 1 is 1.24 bits per heavy atom. The zero-order valence-corrected chi connectivity index (χ0v) is 20.6. The summed E-state index contributed by atoms with van der Waals surface area (Å²) in [4.78, 5) is 21.1. The Kier molecular flexibility index (Phi) is 7.73. The van der Waals surface area contributed by atoms with E-state index in [-0.39, 0.29) is 12.2 Å². The SMILES string of the molecule is CCN(Cc1cccc(C)n1)C(=O)CN(c1ccc(OC)nc1)S(=O)(=O)C1(O)C=CC=CC1C. The van der Waals surface area contributed by atoms with Crippen LogP contribution in [0, 0.1) is 12.8 Å². The van der Waals surface area contributed by atoms with Gasteiger partial charge in [-0.15, -0.1) is 0 Å².